The number of benzene rings is 1. The molecule has 1 aromatic carbocycles. The van der Waals surface area contributed by atoms with Gasteiger partial charge in [0.1, 0.15) is 6.61 Å². The van der Waals surface area contributed by atoms with Crippen LogP contribution in [0.4, 0.5) is 11.4 Å². The lowest BCUT2D eigenvalue weighted by Crippen LogP contribution is -2.27. The molecule has 1 amide bonds. The van der Waals surface area contributed by atoms with Crippen LogP contribution >= 0.6 is 0 Å². The number of anilines is 1. The van der Waals surface area contributed by atoms with Gasteiger partial charge in [-0.3, -0.25) is 14.9 Å². The quantitative estimate of drug-likeness (QED) is 0.658. The maximum atomic E-state index is 11.5. The highest BCUT2D eigenvalue weighted by Crippen LogP contribution is 2.17. The molecule has 0 unspecified atom stereocenters. The van der Waals surface area contributed by atoms with Gasteiger partial charge >= 0.3 is 0 Å². The van der Waals surface area contributed by atoms with E-state index in [9.17, 15) is 14.9 Å². The maximum Gasteiger partial charge on any atom is 0.271 e. The van der Waals surface area contributed by atoms with E-state index in [1.54, 1.807) is 6.07 Å². The fourth-order valence-electron chi connectivity index (χ4n) is 1.18. The first kappa shape index (κ1) is 14.1. The van der Waals surface area contributed by atoms with Crippen molar-refractivity contribution in [3.05, 3.63) is 34.4 Å². The van der Waals surface area contributed by atoms with Gasteiger partial charge in [0, 0.05) is 17.8 Å². The first-order chi connectivity index (χ1) is 8.28. The third kappa shape index (κ3) is 4.92. The number of nitro groups is 1. The minimum Gasteiger partial charge on any atom is -0.366 e. The average molecular weight is 252 g/mol. The van der Waals surface area contributed by atoms with Crippen LogP contribution in [0.5, 0.6) is 0 Å². The molecule has 1 rings (SSSR count). The number of carbonyl (C=O) groups excluding carboxylic acids is 1. The van der Waals surface area contributed by atoms with E-state index in [1.807, 2.05) is 20.8 Å². The lowest BCUT2D eigenvalue weighted by atomic mass is 10.2. The summed E-state index contributed by atoms with van der Waals surface area (Å²) in [6.07, 6.45) is 0. The van der Waals surface area contributed by atoms with E-state index in [0.29, 0.717) is 5.69 Å². The molecular formula is C12H16N2O4. The van der Waals surface area contributed by atoms with Crippen molar-refractivity contribution in [3.63, 3.8) is 0 Å². The molecule has 0 saturated carbocycles. The Balaban J connectivity index is 2.59. The van der Waals surface area contributed by atoms with Crippen molar-refractivity contribution in [3.8, 4) is 0 Å². The van der Waals surface area contributed by atoms with Crippen molar-refractivity contribution in [2.45, 2.75) is 26.4 Å². The van der Waals surface area contributed by atoms with Crippen molar-refractivity contribution in [1.82, 2.24) is 0 Å². The first-order valence-electron chi connectivity index (χ1n) is 5.46. The number of carbonyl (C=O) groups is 1. The van der Waals surface area contributed by atoms with Gasteiger partial charge < -0.3 is 10.1 Å². The Morgan fingerprint density at radius 2 is 2.11 bits per heavy atom. The van der Waals surface area contributed by atoms with Gasteiger partial charge in [-0.2, -0.15) is 0 Å². The summed E-state index contributed by atoms with van der Waals surface area (Å²) in [5.74, 6) is -0.342. The van der Waals surface area contributed by atoms with E-state index >= 15 is 0 Å². The summed E-state index contributed by atoms with van der Waals surface area (Å²) >= 11 is 0. The summed E-state index contributed by atoms with van der Waals surface area (Å²) in [7, 11) is 0. The van der Waals surface area contributed by atoms with Crippen molar-refractivity contribution >= 4 is 17.3 Å². The molecule has 0 aliphatic heterocycles. The molecular weight excluding hydrogens is 236 g/mol. The van der Waals surface area contributed by atoms with Crippen LogP contribution in [0.15, 0.2) is 24.3 Å². The molecule has 6 nitrogen and oxygen atoms in total. The van der Waals surface area contributed by atoms with Crippen molar-refractivity contribution < 1.29 is 14.5 Å². The Labute approximate surface area is 105 Å². The molecule has 0 spiro atoms. The highest BCUT2D eigenvalue weighted by atomic mass is 16.6. The van der Waals surface area contributed by atoms with Gasteiger partial charge in [0.05, 0.1) is 10.5 Å². The molecule has 0 aliphatic rings. The van der Waals surface area contributed by atoms with Crippen LogP contribution in [0.1, 0.15) is 20.8 Å². The number of ether oxygens (including phenoxy) is 1. The van der Waals surface area contributed by atoms with Gasteiger partial charge in [-0.1, -0.05) is 6.07 Å². The predicted octanol–water partition coefficient (Wildman–Crippen LogP) is 2.35. The predicted molar refractivity (Wildman–Crippen MR) is 67.4 cm³/mol. The third-order valence-corrected chi connectivity index (χ3v) is 1.98. The molecule has 0 aliphatic carbocycles. The number of nitrogens with one attached hydrogen (secondary N) is 1. The second-order valence-electron chi connectivity index (χ2n) is 4.76. The second-order valence-corrected chi connectivity index (χ2v) is 4.76. The Bertz CT molecular complexity index is 452. The normalized spacial score (nSPS) is 11.1. The fourth-order valence-corrected chi connectivity index (χ4v) is 1.18. The highest BCUT2D eigenvalue weighted by molar-refractivity contribution is 5.92. The van der Waals surface area contributed by atoms with Gasteiger partial charge in [-0.05, 0) is 26.8 Å². The van der Waals surface area contributed by atoms with Crippen LogP contribution in [0.2, 0.25) is 0 Å². The Morgan fingerprint density at radius 3 is 2.67 bits per heavy atom. The molecule has 0 fully saturated rings. The summed E-state index contributed by atoms with van der Waals surface area (Å²) in [6, 6.07) is 5.76. The second kappa shape index (κ2) is 5.59. The lowest BCUT2D eigenvalue weighted by Gasteiger charge is -2.18. The summed E-state index contributed by atoms with van der Waals surface area (Å²) < 4.78 is 5.30. The van der Waals surface area contributed by atoms with Gasteiger partial charge in [-0.25, -0.2) is 0 Å². The van der Waals surface area contributed by atoms with Gasteiger partial charge in [0.15, 0.2) is 0 Å². The maximum absolute atomic E-state index is 11.5. The van der Waals surface area contributed by atoms with E-state index in [4.69, 9.17) is 4.74 Å². The molecule has 0 bridgehead atoms. The van der Waals surface area contributed by atoms with Crippen molar-refractivity contribution in [1.29, 1.82) is 0 Å². The van der Waals surface area contributed by atoms with Crippen molar-refractivity contribution in [2.24, 2.45) is 0 Å². The molecule has 0 saturated heterocycles. The SMILES string of the molecule is CC(C)(C)OCC(=O)Nc1cccc([N+](=O)[O-])c1. The number of nitro benzene ring substituents is 1. The third-order valence-electron chi connectivity index (χ3n) is 1.98. The molecule has 1 aromatic rings. The largest absolute Gasteiger partial charge is 0.366 e. The molecule has 0 aromatic heterocycles. The zero-order valence-corrected chi connectivity index (χ0v) is 10.6. The van der Waals surface area contributed by atoms with E-state index in [-0.39, 0.29) is 18.2 Å². The van der Waals surface area contributed by atoms with Crippen LogP contribution in [0.25, 0.3) is 0 Å². The monoisotopic (exact) mass is 252 g/mol. The van der Waals surface area contributed by atoms with Gasteiger partial charge in [0.2, 0.25) is 5.91 Å². The van der Waals surface area contributed by atoms with E-state index in [0.717, 1.165) is 0 Å². The van der Waals surface area contributed by atoms with Crippen LogP contribution in [0.3, 0.4) is 0 Å². The van der Waals surface area contributed by atoms with Gasteiger partial charge in [0.25, 0.3) is 5.69 Å². The summed E-state index contributed by atoms with van der Waals surface area (Å²) in [4.78, 5) is 21.6. The number of hydrogen-bond acceptors (Lipinski definition) is 4. The highest BCUT2D eigenvalue weighted by Gasteiger charge is 2.13. The topological polar surface area (TPSA) is 81.5 Å². The average Bonchev–Trinajstić information content (AvgIpc) is 2.26. The zero-order valence-electron chi connectivity index (χ0n) is 10.6. The molecule has 0 radical (unpaired) electrons. The number of non-ortho nitro benzene ring substituents is 1. The number of hydrogen-bond donors (Lipinski definition) is 1. The molecule has 0 heterocycles. The molecule has 18 heavy (non-hydrogen) atoms. The lowest BCUT2D eigenvalue weighted by molar-refractivity contribution is -0.384. The van der Waals surface area contributed by atoms with Crippen molar-refractivity contribution in [2.75, 3.05) is 11.9 Å². The van der Waals surface area contributed by atoms with Crippen LogP contribution in [0, 0.1) is 10.1 Å². The standard InChI is InChI=1S/C12H16N2O4/c1-12(2,3)18-8-11(15)13-9-5-4-6-10(7-9)14(16)17/h4-7H,8H2,1-3H3,(H,13,15). The molecule has 1 N–H and O–H groups in total. The Kier molecular flexibility index (Phi) is 4.38. The van der Waals surface area contributed by atoms with E-state index in [2.05, 4.69) is 5.32 Å². The minimum atomic E-state index is -0.513. The van der Waals surface area contributed by atoms with Gasteiger partial charge in [-0.15, -0.1) is 0 Å². The fraction of sp³-hybridized carbons (Fsp3) is 0.417. The number of amides is 1. The number of rotatable bonds is 4. The Morgan fingerprint density at radius 1 is 1.44 bits per heavy atom. The summed E-state index contributed by atoms with van der Waals surface area (Å²) in [5.41, 5.74) is -0.0868. The first-order valence-corrected chi connectivity index (χ1v) is 5.46. The van der Waals surface area contributed by atoms with E-state index in [1.165, 1.54) is 18.2 Å². The smallest absolute Gasteiger partial charge is 0.271 e. The number of nitrogens with zero attached hydrogens (tertiary/aromatic N) is 1. The Hall–Kier alpha value is -1.95. The summed E-state index contributed by atoms with van der Waals surface area (Å²) in [6.45, 7) is 5.43. The van der Waals surface area contributed by atoms with Crippen LogP contribution in [-0.2, 0) is 9.53 Å². The molecule has 0 atom stereocenters. The summed E-state index contributed by atoms with van der Waals surface area (Å²) in [5, 5.41) is 13.1. The van der Waals surface area contributed by atoms with E-state index < -0.39 is 10.5 Å². The minimum absolute atomic E-state index is 0.0652. The van der Waals surface area contributed by atoms with Crippen LogP contribution in [-0.4, -0.2) is 23.0 Å². The molecule has 98 valence electrons. The zero-order chi connectivity index (χ0) is 13.8. The molecule has 6 heteroatoms. The van der Waals surface area contributed by atoms with Crippen LogP contribution < -0.4 is 5.32 Å².